The molecular formula is C30H26F7N5O3. The van der Waals surface area contributed by atoms with E-state index in [2.05, 4.69) is 10.6 Å². The Morgan fingerprint density at radius 2 is 1.36 bits per heavy atom. The lowest BCUT2D eigenvalue weighted by Gasteiger charge is -2.43. The molecule has 0 bridgehead atoms. The Hall–Kier alpha value is -4.82. The van der Waals surface area contributed by atoms with Gasteiger partial charge >= 0.3 is 18.4 Å². The van der Waals surface area contributed by atoms with Gasteiger partial charge in [0.1, 0.15) is 17.9 Å². The van der Waals surface area contributed by atoms with Crippen LogP contribution < -0.4 is 15.5 Å². The van der Waals surface area contributed by atoms with E-state index in [1.54, 1.807) is 30.3 Å². The number of rotatable bonds is 5. The molecule has 0 saturated carbocycles. The monoisotopic (exact) mass is 637 g/mol. The van der Waals surface area contributed by atoms with E-state index in [1.165, 1.54) is 34.1 Å². The number of amides is 4. The molecule has 8 nitrogen and oxygen atoms in total. The highest BCUT2D eigenvalue weighted by Crippen LogP contribution is 2.40. The SMILES string of the molecule is O=C(CN1CN(c2ccccc2)C2(CCN(C(=O)Nc3cc(C(F)(F)F)cc(C(F)(F)F)c3)CC2)C1=O)Nc1ccc(F)cc1. The molecule has 0 radical (unpaired) electrons. The number of likely N-dealkylation sites (tertiary alicyclic amines) is 1. The smallest absolute Gasteiger partial charge is 0.339 e. The van der Waals surface area contributed by atoms with E-state index in [0.717, 1.165) is 0 Å². The second-order valence-corrected chi connectivity index (χ2v) is 10.7. The van der Waals surface area contributed by atoms with E-state index < -0.39 is 52.5 Å². The normalized spacial score (nSPS) is 16.7. The van der Waals surface area contributed by atoms with Gasteiger partial charge in [-0.25, -0.2) is 9.18 Å². The summed E-state index contributed by atoms with van der Waals surface area (Å²) in [7, 11) is 0. The van der Waals surface area contributed by atoms with Gasteiger partial charge in [-0.3, -0.25) is 9.59 Å². The van der Waals surface area contributed by atoms with E-state index >= 15 is 0 Å². The number of hydrogen-bond acceptors (Lipinski definition) is 4. The standard InChI is InChI=1S/C30H26F7N5O3/c31-21-6-8-22(9-7-21)38-25(43)17-41-18-42(24-4-2-1-3-5-24)28(26(41)44)10-12-40(13-11-28)27(45)39-23-15-19(29(32,33)34)14-20(16-23)30(35,36)37/h1-9,14-16H,10-13,17-18H2,(H,38,43)(H,39,45). The molecule has 3 aromatic rings. The summed E-state index contributed by atoms with van der Waals surface area (Å²) in [6.45, 7) is -0.387. The maximum absolute atomic E-state index is 13.9. The van der Waals surface area contributed by atoms with Crippen LogP contribution >= 0.6 is 0 Å². The third kappa shape index (κ3) is 6.81. The zero-order valence-electron chi connectivity index (χ0n) is 23.4. The number of carbonyl (C=O) groups excluding carboxylic acids is 3. The lowest BCUT2D eigenvalue weighted by molar-refractivity contribution is -0.143. The molecule has 0 atom stereocenters. The number of benzene rings is 3. The van der Waals surface area contributed by atoms with Crippen LogP contribution in [0.3, 0.4) is 0 Å². The highest BCUT2D eigenvalue weighted by molar-refractivity contribution is 5.99. The number of hydrogen-bond donors (Lipinski definition) is 2. The van der Waals surface area contributed by atoms with Gasteiger partial charge in [0, 0.05) is 30.2 Å². The predicted molar refractivity (Wildman–Crippen MR) is 150 cm³/mol. The van der Waals surface area contributed by atoms with Crippen molar-refractivity contribution < 1.29 is 45.1 Å². The zero-order valence-corrected chi connectivity index (χ0v) is 23.4. The minimum absolute atomic E-state index is 0.0319. The number of nitrogens with zero attached hydrogens (tertiary/aromatic N) is 3. The number of piperidine rings is 1. The highest BCUT2D eigenvalue weighted by Gasteiger charge is 2.54. The van der Waals surface area contributed by atoms with Crippen LogP contribution in [0.1, 0.15) is 24.0 Å². The summed E-state index contributed by atoms with van der Waals surface area (Å²) in [5.74, 6) is -1.38. The van der Waals surface area contributed by atoms with E-state index in [0.29, 0.717) is 23.5 Å². The van der Waals surface area contributed by atoms with Gasteiger partial charge in [0.2, 0.25) is 5.91 Å². The van der Waals surface area contributed by atoms with Crippen molar-refractivity contribution in [1.29, 1.82) is 0 Å². The van der Waals surface area contributed by atoms with Crippen molar-refractivity contribution in [1.82, 2.24) is 9.80 Å². The Kier molecular flexibility index (Phi) is 8.38. The highest BCUT2D eigenvalue weighted by atomic mass is 19.4. The maximum Gasteiger partial charge on any atom is 0.416 e. The van der Waals surface area contributed by atoms with Crippen molar-refractivity contribution in [2.75, 3.05) is 41.8 Å². The molecule has 2 saturated heterocycles. The average molecular weight is 638 g/mol. The van der Waals surface area contributed by atoms with E-state index in [1.807, 2.05) is 4.90 Å². The molecule has 1 spiro atoms. The molecule has 0 aliphatic carbocycles. The van der Waals surface area contributed by atoms with Gasteiger partial charge in [-0.05, 0) is 67.4 Å². The van der Waals surface area contributed by atoms with Gasteiger partial charge in [-0.15, -0.1) is 0 Å². The molecule has 2 fully saturated rings. The van der Waals surface area contributed by atoms with Gasteiger partial charge in [-0.1, -0.05) is 18.2 Å². The van der Waals surface area contributed by atoms with Crippen LogP contribution in [-0.4, -0.2) is 59.5 Å². The van der Waals surface area contributed by atoms with E-state index in [9.17, 15) is 45.1 Å². The summed E-state index contributed by atoms with van der Waals surface area (Å²) >= 11 is 0. The Morgan fingerprint density at radius 3 is 1.91 bits per heavy atom. The van der Waals surface area contributed by atoms with Crippen LogP contribution in [-0.2, 0) is 21.9 Å². The molecular weight excluding hydrogens is 611 g/mol. The fraction of sp³-hybridized carbons (Fsp3) is 0.300. The zero-order chi connectivity index (χ0) is 32.6. The molecule has 3 aromatic carbocycles. The maximum atomic E-state index is 13.9. The first-order valence-corrected chi connectivity index (χ1v) is 13.7. The van der Waals surface area contributed by atoms with Gasteiger partial charge in [0.05, 0.1) is 17.8 Å². The summed E-state index contributed by atoms with van der Waals surface area (Å²) in [4.78, 5) is 44.0. The second kappa shape index (κ2) is 11.9. The minimum Gasteiger partial charge on any atom is -0.339 e. The van der Waals surface area contributed by atoms with Crippen molar-refractivity contribution >= 4 is 34.9 Å². The molecule has 45 heavy (non-hydrogen) atoms. The van der Waals surface area contributed by atoms with Gasteiger partial charge < -0.3 is 25.3 Å². The van der Waals surface area contributed by atoms with E-state index in [4.69, 9.17) is 0 Å². The van der Waals surface area contributed by atoms with Crippen LogP contribution in [0.5, 0.6) is 0 Å². The number of alkyl halides is 6. The third-order valence-corrected chi connectivity index (χ3v) is 7.76. The van der Waals surface area contributed by atoms with Gasteiger partial charge in [0.15, 0.2) is 0 Å². The molecule has 5 rings (SSSR count). The Bertz CT molecular complexity index is 1540. The Labute approximate surface area is 252 Å². The van der Waals surface area contributed by atoms with Crippen molar-refractivity contribution in [3.05, 3.63) is 89.7 Å². The second-order valence-electron chi connectivity index (χ2n) is 10.7. The molecule has 2 aliphatic heterocycles. The van der Waals surface area contributed by atoms with E-state index in [-0.39, 0.29) is 51.1 Å². The molecule has 2 N–H and O–H groups in total. The summed E-state index contributed by atoms with van der Waals surface area (Å²) in [5, 5.41) is 4.75. The number of anilines is 3. The molecule has 4 amide bonds. The summed E-state index contributed by atoms with van der Waals surface area (Å²) < 4.78 is 92.9. The van der Waals surface area contributed by atoms with Crippen LogP contribution in [0.15, 0.2) is 72.8 Å². The van der Waals surface area contributed by atoms with Gasteiger partial charge in [-0.2, -0.15) is 26.3 Å². The Balaban J connectivity index is 1.31. The number of urea groups is 1. The molecule has 238 valence electrons. The number of para-hydroxylation sites is 1. The van der Waals surface area contributed by atoms with Crippen molar-refractivity contribution in [2.24, 2.45) is 0 Å². The molecule has 2 aliphatic rings. The lowest BCUT2D eigenvalue weighted by Crippen LogP contribution is -2.58. The molecule has 0 aromatic heterocycles. The molecule has 0 unspecified atom stereocenters. The van der Waals surface area contributed by atoms with Crippen LogP contribution in [0.2, 0.25) is 0 Å². The van der Waals surface area contributed by atoms with Crippen LogP contribution in [0.25, 0.3) is 0 Å². The fourth-order valence-corrected chi connectivity index (χ4v) is 5.54. The first-order chi connectivity index (χ1) is 21.2. The van der Waals surface area contributed by atoms with Gasteiger partial charge in [0.25, 0.3) is 5.91 Å². The predicted octanol–water partition coefficient (Wildman–Crippen LogP) is 6.17. The number of nitrogens with one attached hydrogen (secondary N) is 2. The first kappa shape index (κ1) is 31.6. The summed E-state index contributed by atoms with van der Waals surface area (Å²) in [6.07, 6.45) is -10.0. The van der Waals surface area contributed by atoms with Crippen molar-refractivity contribution in [3.63, 3.8) is 0 Å². The van der Waals surface area contributed by atoms with Crippen LogP contribution in [0.4, 0.5) is 52.6 Å². The molecule has 2 heterocycles. The topological polar surface area (TPSA) is 85.0 Å². The first-order valence-electron chi connectivity index (χ1n) is 13.7. The fourth-order valence-electron chi connectivity index (χ4n) is 5.54. The third-order valence-electron chi connectivity index (χ3n) is 7.76. The van der Waals surface area contributed by atoms with Crippen LogP contribution in [0, 0.1) is 5.82 Å². The Morgan fingerprint density at radius 1 is 0.778 bits per heavy atom. The summed E-state index contributed by atoms with van der Waals surface area (Å²) in [6, 6.07) is 13.9. The average Bonchev–Trinajstić information content (AvgIpc) is 3.24. The van der Waals surface area contributed by atoms with Crippen molar-refractivity contribution in [2.45, 2.75) is 30.7 Å². The lowest BCUT2D eigenvalue weighted by atomic mass is 9.85. The van der Waals surface area contributed by atoms with Crippen molar-refractivity contribution in [3.8, 4) is 0 Å². The summed E-state index contributed by atoms with van der Waals surface area (Å²) in [5.41, 5.74) is -3.97. The number of carbonyl (C=O) groups is 3. The largest absolute Gasteiger partial charge is 0.416 e. The minimum atomic E-state index is -5.08. The quantitative estimate of drug-likeness (QED) is 0.328. The number of halogens is 7. The molecule has 15 heteroatoms.